The van der Waals surface area contributed by atoms with E-state index >= 15 is 0 Å². The van der Waals surface area contributed by atoms with Crippen molar-refractivity contribution in [2.24, 2.45) is 5.84 Å². The van der Waals surface area contributed by atoms with Gasteiger partial charge in [0.25, 0.3) is 0 Å². The Bertz CT molecular complexity index is 448. The van der Waals surface area contributed by atoms with Gasteiger partial charge in [0.1, 0.15) is 17.5 Å². The Morgan fingerprint density at radius 2 is 1.85 bits per heavy atom. The number of hydrogen-bond acceptors (Lipinski definition) is 6. The molecule has 1 aliphatic rings. The summed E-state index contributed by atoms with van der Waals surface area (Å²) in [7, 11) is 0. The van der Waals surface area contributed by atoms with E-state index in [0.29, 0.717) is 5.82 Å². The fraction of sp³-hybridized carbons (Fsp3) is 0.714. The second kappa shape index (κ2) is 5.18. The lowest BCUT2D eigenvalue weighted by Gasteiger charge is -2.47. The molecule has 0 amide bonds. The van der Waals surface area contributed by atoms with Gasteiger partial charge in [-0.1, -0.05) is 6.92 Å². The number of aryl methyl sites for hydroxylation is 1. The second-order valence-corrected chi connectivity index (χ2v) is 6.50. The van der Waals surface area contributed by atoms with Crippen molar-refractivity contribution in [2.45, 2.75) is 52.2 Å². The van der Waals surface area contributed by atoms with Gasteiger partial charge in [-0.15, -0.1) is 0 Å². The standard InChI is InChI=1S/C14H25N5O/c1-6-10-16-11(18-15)7-12(17-10)19-8-13(2,3)20-14(4,5)9-19/h7H,6,8-9,15H2,1-5H3,(H,16,17,18). The number of nitrogens with two attached hydrogens (primary N) is 1. The van der Waals surface area contributed by atoms with Crippen LogP contribution >= 0.6 is 0 Å². The van der Waals surface area contributed by atoms with Gasteiger partial charge in [0, 0.05) is 25.6 Å². The summed E-state index contributed by atoms with van der Waals surface area (Å²) in [5.41, 5.74) is 2.19. The van der Waals surface area contributed by atoms with Crippen LogP contribution in [0.4, 0.5) is 11.6 Å². The SMILES string of the molecule is CCc1nc(NN)cc(N2CC(C)(C)OC(C)(C)C2)n1. The van der Waals surface area contributed by atoms with Gasteiger partial charge in [0.2, 0.25) is 0 Å². The highest BCUT2D eigenvalue weighted by Gasteiger charge is 2.38. The zero-order valence-electron chi connectivity index (χ0n) is 13.0. The predicted molar refractivity (Wildman–Crippen MR) is 80.7 cm³/mol. The van der Waals surface area contributed by atoms with Crippen molar-refractivity contribution >= 4 is 11.6 Å². The number of hydrazine groups is 1. The molecule has 1 aliphatic heterocycles. The van der Waals surface area contributed by atoms with Crippen LogP contribution in [0.15, 0.2) is 6.07 Å². The highest BCUT2D eigenvalue weighted by atomic mass is 16.5. The molecule has 6 heteroatoms. The van der Waals surface area contributed by atoms with Gasteiger partial charge >= 0.3 is 0 Å². The van der Waals surface area contributed by atoms with Crippen molar-refractivity contribution in [3.63, 3.8) is 0 Å². The molecule has 1 fully saturated rings. The van der Waals surface area contributed by atoms with Crippen LogP contribution in [0.2, 0.25) is 0 Å². The molecule has 1 aromatic rings. The van der Waals surface area contributed by atoms with E-state index in [1.807, 2.05) is 13.0 Å². The van der Waals surface area contributed by atoms with E-state index in [0.717, 1.165) is 31.2 Å². The van der Waals surface area contributed by atoms with Crippen molar-refractivity contribution in [3.8, 4) is 0 Å². The van der Waals surface area contributed by atoms with E-state index in [9.17, 15) is 0 Å². The molecule has 0 unspecified atom stereocenters. The molecule has 0 saturated carbocycles. The minimum absolute atomic E-state index is 0.213. The number of nitrogen functional groups attached to an aromatic ring is 1. The maximum atomic E-state index is 6.10. The molecule has 0 aromatic carbocycles. The molecule has 1 saturated heterocycles. The number of nitrogens with zero attached hydrogens (tertiary/aromatic N) is 3. The van der Waals surface area contributed by atoms with Crippen molar-refractivity contribution in [3.05, 3.63) is 11.9 Å². The van der Waals surface area contributed by atoms with Gasteiger partial charge in [0.15, 0.2) is 0 Å². The monoisotopic (exact) mass is 279 g/mol. The first kappa shape index (κ1) is 15.0. The number of hydrogen-bond donors (Lipinski definition) is 2. The molecule has 6 nitrogen and oxygen atoms in total. The molecule has 112 valence electrons. The molecule has 2 rings (SSSR count). The fourth-order valence-corrected chi connectivity index (χ4v) is 2.83. The normalized spacial score (nSPS) is 20.8. The zero-order chi connectivity index (χ0) is 15.0. The first-order valence-electron chi connectivity index (χ1n) is 7.04. The van der Waals surface area contributed by atoms with E-state index in [2.05, 4.69) is 48.0 Å². The van der Waals surface area contributed by atoms with Crippen molar-refractivity contribution in [1.82, 2.24) is 9.97 Å². The van der Waals surface area contributed by atoms with Crippen molar-refractivity contribution in [1.29, 1.82) is 0 Å². The molecule has 0 radical (unpaired) electrons. The van der Waals surface area contributed by atoms with E-state index < -0.39 is 0 Å². The predicted octanol–water partition coefficient (Wildman–Crippen LogP) is 1.72. The summed E-state index contributed by atoms with van der Waals surface area (Å²) in [5.74, 6) is 7.83. The fourth-order valence-electron chi connectivity index (χ4n) is 2.83. The van der Waals surface area contributed by atoms with Crippen LogP contribution in [0.25, 0.3) is 0 Å². The molecular weight excluding hydrogens is 254 g/mol. The number of morpholine rings is 1. The third kappa shape index (κ3) is 3.37. The van der Waals surface area contributed by atoms with Crippen LogP contribution in [0, 0.1) is 0 Å². The van der Waals surface area contributed by atoms with E-state index in [1.165, 1.54) is 0 Å². The smallest absolute Gasteiger partial charge is 0.145 e. The number of nitrogens with one attached hydrogen (secondary N) is 1. The van der Waals surface area contributed by atoms with Gasteiger partial charge in [-0.25, -0.2) is 15.8 Å². The Morgan fingerprint density at radius 1 is 1.25 bits per heavy atom. The lowest BCUT2D eigenvalue weighted by atomic mass is 9.99. The topological polar surface area (TPSA) is 76.3 Å². The molecule has 20 heavy (non-hydrogen) atoms. The third-order valence-electron chi connectivity index (χ3n) is 3.24. The summed E-state index contributed by atoms with van der Waals surface area (Å²) < 4.78 is 6.10. The van der Waals surface area contributed by atoms with Gasteiger partial charge in [0.05, 0.1) is 11.2 Å². The Balaban J connectivity index is 2.34. The maximum Gasteiger partial charge on any atom is 0.145 e. The minimum Gasteiger partial charge on any atom is -0.366 e. The Kier molecular flexibility index (Phi) is 3.88. The highest BCUT2D eigenvalue weighted by Crippen LogP contribution is 2.31. The first-order valence-corrected chi connectivity index (χ1v) is 7.04. The molecule has 2 heterocycles. The summed E-state index contributed by atoms with van der Waals surface area (Å²) >= 11 is 0. The van der Waals surface area contributed by atoms with Gasteiger partial charge in [-0.2, -0.15) is 0 Å². The Morgan fingerprint density at radius 3 is 2.35 bits per heavy atom. The van der Waals surface area contributed by atoms with E-state index in [4.69, 9.17) is 10.6 Å². The zero-order valence-corrected chi connectivity index (χ0v) is 13.0. The summed E-state index contributed by atoms with van der Waals surface area (Å²) in [6.07, 6.45) is 0.777. The number of ether oxygens (including phenoxy) is 1. The van der Waals surface area contributed by atoms with Crippen LogP contribution < -0.4 is 16.2 Å². The first-order chi connectivity index (χ1) is 9.24. The average Bonchev–Trinajstić information content (AvgIpc) is 2.34. The Hall–Kier alpha value is -1.40. The highest BCUT2D eigenvalue weighted by molar-refractivity contribution is 5.49. The molecule has 0 spiro atoms. The summed E-state index contributed by atoms with van der Waals surface area (Å²) in [6, 6.07) is 1.89. The second-order valence-electron chi connectivity index (χ2n) is 6.50. The lowest BCUT2D eigenvalue weighted by molar-refractivity contribution is -0.133. The minimum atomic E-state index is -0.213. The maximum absolute atomic E-state index is 6.10. The van der Waals surface area contributed by atoms with Gasteiger partial charge < -0.3 is 15.1 Å². The molecule has 0 aliphatic carbocycles. The summed E-state index contributed by atoms with van der Waals surface area (Å²) in [6.45, 7) is 12.0. The van der Waals surface area contributed by atoms with Crippen LogP contribution in [0.1, 0.15) is 40.4 Å². The van der Waals surface area contributed by atoms with E-state index in [-0.39, 0.29) is 11.2 Å². The van der Waals surface area contributed by atoms with Crippen molar-refractivity contribution < 1.29 is 4.74 Å². The molecular formula is C14H25N5O. The van der Waals surface area contributed by atoms with Gasteiger partial charge in [-0.05, 0) is 27.7 Å². The molecule has 3 N–H and O–H groups in total. The summed E-state index contributed by atoms with van der Waals surface area (Å²) in [5, 5.41) is 0. The van der Waals surface area contributed by atoms with E-state index in [1.54, 1.807) is 0 Å². The number of rotatable bonds is 3. The average molecular weight is 279 g/mol. The molecule has 0 bridgehead atoms. The van der Waals surface area contributed by atoms with Crippen LogP contribution in [-0.4, -0.2) is 34.3 Å². The lowest BCUT2D eigenvalue weighted by Crippen LogP contribution is -2.57. The third-order valence-corrected chi connectivity index (χ3v) is 3.24. The van der Waals surface area contributed by atoms with Gasteiger partial charge in [-0.3, -0.25) is 0 Å². The van der Waals surface area contributed by atoms with Crippen LogP contribution in [0.3, 0.4) is 0 Å². The number of aromatic nitrogens is 2. The van der Waals surface area contributed by atoms with Crippen LogP contribution in [0.5, 0.6) is 0 Å². The quantitative estimate of drug-likeness (QED) is 0.648. The van der Waals surface area contributed by atoms with Crippen molar-refractivity contribution in [2.75, 3.05) is 23.4 Å². The molecule has 1 aromatic heterocycles. The largest absolute Gasteiger partial charge is 0.366 e. The summed E-state index contributed by atoms with van der Waals surface area (Å²) in [4.78, 5) is 11.2. The van der Waals surface area contributed by atoms with Crippen LogP contribution in [-0.2, 0) is 11.2 Å². The molecule has 0 atom stereocenters. The number of anilines is 2. The Labute approximate surface area is 120 Å².